The summed E-state index contributed by atoms with van der Waals surface area (Å²) in [6, 6.07) is -2.53. The van der Waals surface area contributed by atoms with Gasteiger partial charge in [-0.2, -0.15) is 0 Å². The highest BCUT2D eigenvalue weighted by molar-refractivity contribution is 5.78. The van der Waals surface area contributed by atoms with E-state index in [-0.39, 0.29) is 30.7 Å². The number of aliphatic hydroxyl groups excluding tert-OH is 10. The summed E-state index contributed by atoms with van der Waals surface area (Å²) in [5, 5.41) is 109. The second-order valence-corrected chi connectivity index (χ2v) is 32.3. The van der Waals surface area contributed by atoms with Crippen molar-refractivity contribution in [2.24, 2.45) is 35.0 Å². The monoisotopic (exact) mass is 1500 g/mol. The molecule has 1 aromatic carbocycles. The van der Waals surface area contributed by atoms with Gasteiger partial charge in [0.25, 0.3) is 5.91 Å². The summed E-state index contributed by atoms with van der Waals surface area (Å²) in [7, 11) is 0. The number of allylic oxidation sites excluding steroid dienone is 9. The molecule has 6 aliphatic rings. The quantitative estimate of drug-likeness (QED) is 0.0283. The van der Waals surface area contributed by atoms with Crippen LogP contribution in [0.15, 0.2) is 58.7 Å². The number of amides is 2. The molecule has 10 unspecified atom stereocenters. The predicted octanol–water partition coefficient (Wildman–Crippen LogP) is 8.54. The van der Waals surface area contributed by atoms with Crippen LogP contribution in [-0.2, 0) is 53.9 Å². The molecule has 0 saturated carbocycles. The second-order valence-electron chi connectivity index (χ2n) is 32.3. The number of fused-ring (bicyclic) bond motifs is 1. The number of carbonyl (C=O) groups is 2. The number of hydrogen-bond acceptors (Lipinski definition) is 22. The fourth-order valence-corrected chi connectivity index (χ4v) is 15.7. The van der Waals surface area contributed by atoms with Crippen molar-refractivity contribution in [3.8, 4) is 11.5 Å². The Kier molecular flexibility index (Phi) is 36.7. The number of carbonyl (C=O) groups excluding carboxylic acids is 2. The van der Waals surface area contributed by atoms with E-state index in [1.165, 1.54) is 68.9 Å². The molecule has 23 atom stereocenters. The van der Waals surface area contributed by atoms with Gasteiger partial charge in [-0.3, -0.25) is 9.59 Å². The largest absolute Gasteiger partial charge is 0.487 e. The Hall–Kier alpha value is -4.26. The van der Waals surface area contributed by atoms with Gasteiger partial charge in [-0.25, -0.2) is 0 Å². The van der Waals surface area contributed by atoms with Crippen LogP contribution in [0.4, 0.5) is 0 Å². The normalized spacial score (nSPS) is 33.6. The van der Waals surface area contributed by atoms with Crippen LogP contribution in [0.3, 0.4) is 0 Å². The summed E-state index contributed by atoms with van der Waals surface area (Å²) in [6.07, 6.45) is 9.24. The molecule has 12 N–H and O–H groups in total. The highest BCUT2D eigenvalue weighted by Gasteiger charge is 2.53. The number of aliphatic hydroxyl groups is 10. The van der Waals surface area contributed by atoms with Gasteiger partial charge >= 0.3 is 0 Å². The Labute approximate surface area is 631 Å². The van der Waals surface area contributed by atoms with Crippen molar-refractivity contribution in [3.63, 3.8) is 0 Å². The maximum Gasteiger partial charge on any atom is 0.258 e. The maximum absolute atomic E-state index is 13.5. The minimum atomic E-state index is -1.59. The molecule has 4 fully saturated rings. The fourth-order valence-electron chi connectivity index (χ4n) is 15.7. The average molecular weight is 1500 g/mol. The summed E-state index contributed by atoms with van der Waals surface area (Å²) in [4.78, 5) is 26.6. The smallest absolute Gasteiger partial charge is 0.258 e. The van der Waals surface area contributed by atoms with E-state index in [2.05, 4.69) is 78.2 Å². The van der Waals surface area contributed by atoms with Gasteiger partial charge in [-0.15, -0.1) is 0 Å². The molecule has 0 spiro atoms. The van der Waals surface area contributed by atoms with Crippen LogP contribution in [0, 0.1) is 55.8 Å². The molecule has 0 radical (unpaired) electrons. The minimum Gasteiger partial charge on any atom is -0.487 e. The Balaban J connectivity index is 0.000000341. The number of nitrogens with one attached hydrogen (secondary N) is 2. The van der Waals surface area contributed by atoms with Crippen molar-refractivity contribution in [1.82, 2.24) is 10.6 Å². The lowest BCUT2D eigenvalue weighted by atomic mass is 9.72. The molecule has 106 heavy (non-hydrogen) atoms. The molecule has 1 aliphatic carbocycles. The lowest BCUT2D eigenvalue weighted by molar-refractivity contribution is -0.337. The van der Waals surface area contributed by atoms with Crippen LogP contribution in [0.5, 0.6) is 11.5 Å². The van der Waals surface area contributed by atoms with E-state index in [0.29, 0.717) is 11.7 Å². The third-order valence-corrected chi connectivity index (χ3v) is 22.6. The van der Waals surface area contributed by atoms with Crippen molar-refractivity contribution >= 4 is 11.8 Å². The molecular weight excluding hydrogens is 1360 g/mol. The van der Waals surface area contributed by atoms with E-state index in [0.717, 1.165) is 83.1 Å². The first kappa shape index (κ1) is 90.6. The minimum absolute atomic E-state index is 0.0205. The van der Waals surface area contributed by atoms with Gasteiger partial charge in [-0.05, 0) is 153 Å². The van der Waals surface area contributed by atoms with Crippen LogP contribution < -0.4 is 20.1 Å². The summed E-state index contributed by atoms with van der Waals surface area (Å²) >= 11 is 0. The van der Waals surface area contributed by atoms with Gasteiger partial charge in [0.1, 0.15) is 90.2 Å². The Morgan fingerprint density at radius 2 is 1.09 bits per heavy atom. The molecule has 4 saturated heterocycles. The Bertz CT molecular complexity index is 3040. The summed E-state index contributed by atoms with van der Waals surface area (Å²) in [5.41, 5.74) is 8.58. The first-order valence-electron chi connectivity index (χ1n) is 39.3. The van der Waals surface area contributed by atoms with Gasteiger partial charge in [0.2, 0.25) is 5.91 Å². The summed E-state index contributed by atoms with van der Waals surface area (Å²) in [5.74, 6) is 1.65. The molecule has 24 nitrogen and oxygen atoms in total. The van der Waals surface area contributed by atoms with E-state index in [1.807, 2.05) is 52.8 Å². The van der Waals surface area contributed by atoms with Crippen LogP contribution in [0.2, 0.25) is 0 Å². The van der Waals surface area contributed by atoms with Crippen molar-refractivity contribution in [2.75, 3.05) is 46.2 Å². The summed E-state index contributed by atoms with van der Waals surface area (Å²) in [6.45, 7) is 33.2. The third kappa shape index (κ3) is 24.9. The van der Waals surface area contributed by atoms with E-state index in [9.17, 15) is 60.7 Å². The van der Waals surface area contributed by atoms with Gasteiger partial charge in [0.15, 0.2) is 31.8 Å². The van der Waals surface area contributed by atoms with Crippen LogP contribution >= 0.6 is 0 Å². The van der Waals surface area contributed by atoms with Crippen LogP contribution in [0.25, 0.3) is 0 Å². The fraction of sp³-hybridized carbons (Fsp3) is 0.780. The number of rotatable bonds is 35. The third-order valence-electron chi connectivity index (χ3n) is 22.6. The molecule has 606 valence electrons. The number of hydrogen-bond donors (Lipinski definition) is 12. The average Bonchev–Trinajstić information content (AvgIpc) is 0.770. The SMILES string of the molecule is CCO[C@@H]1C(C)C(O)OC(CO)[C@H]1O[C@@H]1OC(CO)[C@@H](O)[C@H](O)C1NC(=O)C/C=C(C)/C=C/C=C(C)/C=C/C1=C(C)CCCC1(C)C.CCO[C@@H]1C(C)C(O)OC(CO)[C@H]1O[C@@H]1OC(CO)[C@@H](O)[C@H](O)C1NC(=O)COc1c(C)c(C)c2c(c1C)CC[C@@](C)(CCC[C@H](C)CCC[C@H](C)CCCC(C)C)O2. The van der Waals surface area contributed by atoms with E-state index in [1.54, 1.807) is 33.8 Å². The van der Waals surface area contributed by atoms with Gasteiger partial charge in [0, 0.05) is 37.0 Å². The molecule has 7 rings (SSSR count). The highest BCUT2D eigenvalue weighted by atomic mass is 16.7. The zero-order valence-electron chi connectivity index (χ0n) is 66.7. The number of benzene rings is 1. The van der Waals surface area contributed by atoms with E-state index in [4.69, 9.17) is 47.4 Å². The zero-order valence-corrected chi connectivity index (χ0v) is 66.7. The van der Waals surface area contributed by atoms with Crippen LogP contribution in [0.1, 0.15) is 209 Å². The van der Waals surface area contributed by atoms with Crippen molar-refractivity contribution in [3.05, 3.63) is 81.0 Å². The van der Waals surface area contributed by atoms with Gasteiger partial charge in [0.05, 0.1) is 38.6 Å². The first-order valence-corrected chi connectivity index (χ1v) is 39.3. The van der Waals surface area contributed by atoms with Crippen LogP contribution in [-0.4, -0.2) is 225 Å². The van der Waals surface area contributed by atoms with Crippen molar-refractivity contribution in [2.45, 2.75) is 330 Å². The molecule has 0 bridgehead atoms. The topological polar surface area (TPSA) is 353 Å². The first-order chi connectivity index (χ1) is 50.2. The van der Waals surface area contributed by atoms with Crippen molar-refractivity contribution < 1.29 is 108 Å². The van der Waals surface area contributed by atoms with Gasteiger partial charge < -0.3 is 109 Å². The summed E-state index contributed by atoms with van der Waals surface area (Å²) < 4.78 is 60.0. The molecule has 2 amide bonds. The van der Waals surface area contributed by atoms with E-state index < -0.39 is 167 Å². The molecule has 1 aromatic rings. The standard InChI is InChI=1S/C46H79NO12.C36H57NO10/c1-11-54-42-32(9)44(53)56-35(24-49)43(42)58-45-37(39(52)38(51)34(23-48)57-45)47-36(50)25-55-40-29(6)30(7)41-33(31(40)8)20-22-46(10,59-41)21-14-19-28(5)18-13-17-27(4)16-12-15-26(2)3;1-8-44-32-24(5)34(43)45-27(20-39)33(32)47-35-29(31(42)30(41)26(19-38)46-35)37-28(40)17-15-22(3)12-9-11-21(2)14-16-25-23(4)13-10-18-36(25,6)7/h26-28,32,34-35,37-39,42-45,48-49,51-53H,11-25H2,1-10H3,(H,47,50);9,11-12,14-16,24,26-27,29-35,38-39,41-43H,8,10,13,17-20H2,1-7H3,(H,37,40)/b;12-9+,16-14+,21-11+,22-15+/t27-,28-,32?,34?,35?,37?,38-,39-,42-,43-,44?,45+,46-;24?,26?,27?,29?,30-,31-,32-,33-,34?,35+/m11/s1. The predicted molar refractivity (Wildman–Crippen MR) is 403 cm³/mol. The lowest BCUT2D eigenvalue weighted by Gasteiger charge is -2.48. The second kappa shape index (κ2) is 43.0. The molecular formula is C82H136N2O22. The molecule has 5 aliphatic heterocycles. The Morgan fingerprint density at radius 1 is 0.594 bits per heavy atom. The Morgan fingerprint density at radius 3 is 1.58 bits per heavy atom. The molecule has 0 aromatic heterocycles. The molecule has 5 heterocycles. The lowest BCUT2D eigenvalue weighted by Crippen LogP contribution is -2.67. The highest BCUT2D eigenvalue weighted by Crippen LogP contribution is 2.46. The van der Waals surface area contributed by atoms with Crippen molar-refractivity contribution in [1.29, 1.82) is 0 Å². The van der Waals surface area contributed by atoms with Gasteiger partial charge in [-0.1, -0.05) is 154 Å². The van der Waals surface area contributed by atoms with E-state index >= 15 is 0 Å². The molecule has 24 heteroatoms. The number of ether oxygens (including phenoxy) is 10. The maximum atomic E-state index is 13.5. The zero-order chi connectivity index (χ0) is 78.5.